The van der Waals surface area contributed by atoms with Gasteiger partial charge in [0.05, 0.1) is 0 Å². The lowest BCUT2D eigenvalue weighted by Crippen LogP contribution is -2.35. The molecule has 2 fully saturated rings. The summed E-state index contributed by atoms with van der Waals surface area (Å²) in [7, 11) is 0. The summed E-state index contributed by atoms with van der Waals surface area (Å²) in [6, 6.07) is 7.66. The number of nitrogens with zero attached hydrogens (tertiary/aromatic N) is 1. The van der Waals surface area contributed by atoms with E-state index in [1.54, 1.807) is 0 Å². The fourth-order valence-corrected chi connectivity index (χ4v) is 3.69. The maximum absolute atomic E-state index is 12.1. The summed E-state index contributed by atoms with van der Waals surface area (Å²) in [6.45, 7) is 0.776. The zero-order valence-corrected chi connectivity index (χ0v) is 13.7. The van der Waals surface area contributed by atoms with Crippen molar-refractivity contribution in [3.8, 4) is 0 Å². The number of anilines is 2. The highest BCUT2D eigenvalue weighted by atomic mass is 16.2. The highest BCUT2D eigenvalue weighted by molar-refractivity contribution is 5.96. The monoisotopic (exact) mass is 314 g/mol. The highest BCUT2D eigenvalue weighted by Gasteiger charge is 2.20. The maximum atomic E-state index is 12.1. The number of hydrogen-bond donors (Lipinski definition) is 1. The van der Waals surface area contributed by atoms with Gasteiger partial charge in [-0.25, -0.2) is 0 Å². The van der Waals surface area contributed by atoms with Gasteiger partial charge in [0.25, 0.3) is 0 Å². The molecule has 1 aromatic carbocycles. The van der Waals surface area contributed by atoms with Crippen LogP contribution in [0.15, 0.2) is 24.3 Å². The van der Waals surface area contributed by atoms with Gasteiger partial charge in [-0.3, -0.25) is 9.59 Å². The molecule has 23 heavy (non-hydrogen) atoms. The second-order valence-corrected chi connectivity index (χ2v) is 6.79. The zero-order chi connectivity index (χ0) is 16.1. The van der Waals surface area contributed by atoms with Crippen LogP contribution in [0.2, 0.25) is 0 Å². The van der Waals surface area contributed by atoms with Crippen molar-refractivity contribution in [2.45, 2.75) is 57.8 Å². The third kappa shape index (κ3) is 4.34. The Labute approximate surface area is 138 Å². The van der Waals surface area contributed by atoms with Crippen LogP contribution in [0.5, 0.6) is 0 Å². The largest absolute Gasteiger partial charge is 0.326 e. The Morgan fingerprint density at radius 3 is 2.78 bits per heavy atom. The summed E-state index contributed by atoms with van der Waals surface area (Å²) in [5.74, 6) is 0.998. The lowest BCUT2D eigenvalue weighted by molar-refractivity contribution is -0.119. The molecule has 3 rings (SSSR count). The summed E-state index contributed by atoms with van der Waals surface area (Å²) >= 11 is 0. The van der Waals surface area contributed by atoms with Crippen molar-refractivity contribution in [2.24, 2.45) is 5.92 Å². The Balaban J connectivity index is 1.56. The first-order chi connectivity index (χ1) is 11.2. The van der Waals surface area contributed by atoms with E-state index in [0.29, 0.717) is 12.8 Å². The van der Waals surface area contributed by atoms with E-state index in [2.05, 4.69) is 5.32 Å². The van der Waals surface area contributed by atoms with Gasteiger partial charge < -0.3 is 10.2 Å². The van der Waals surface area contributed by atoms with Crippen molar-refractivity contribution < 1.29 is 9.59 Å². The van der Waals surface area contributed by atoms with Crippen molar-refractivity contribution in [1.29, 1.82) is 0 Å². The quantitative estimate of drug-likeness (QED) is 0.889. The fourth-order valence-electron chi connectivity index (χ4n) is 3.69. The average Bonchev–Trinajstić information content (AvgIpc) is 3.07. The fraction of sp³-hybridized carbons (Fsp3) is 0.579. The van der Waals surface area contributed by atoms with Gasteiger partial charge in [-0.1, -0.05) is 31.7 Å². The molecular weight excluding hydrogens is 288 g/mol. The van der Waals surface area contributed by atoms with E-state index in [-0.39, 0.29) is 11.8 Å². The van der Waals surface area contributed by atoms with E-state index in [0.717, 1.165) is 43.1 Å². The van der Waals surface area contributed by atoms with E-state index < -0.39 is 0 Å². The first kappa shape index (κ1) is 16.0. The number of carbonyl (C=O) groups excluding carboxylic acids is 2. The molecule has 0 spiro atoms. The van der Waals surface area contributed by atoms with Crippen molar-refractivity contribution in [3.63, 3.8) is 0 Å². The van der Waals surface area contributed by atoms with Gasteiger partial charge in [-0.05, 0) is 43.4 Å². The Bertz CT molecular complexity index is 564. The van der Waals surface area contributed by atoms with Crippen LogP contribution < -0.4 is 10.2 Å². The van der Waals surface area contributed by atoms with E-state index in [1.165, 1.54) is 25.7 Å². The second-order valence-electron chi connectivity index (χ2n) is 6.79. The molecule has 2 aliphatic rings. The Kier molecular flexibility index (Phi) is 5.31. The Morgan fingerprint density at radius 1 is 1.17 bits per heavy atom. The number of hydrogen-bond acceptors (Lipinski definition) is 2. The molecule has 4 nitrogen and oxygen atoms in total. The van der Waals surface area contributed by atoms with Gasteiger partial charge in [0.2, 0.25) is 11.8 Å². The van der Waals surface area contributed by atoms with Gasteiger partial charge in [0.15, 0.2) is 0 Å². The SMILES string of the molecule is O=C(CCC1CCCC1)Nc1cccc(N2CCCCC2=O)c1. The van der Waals surface area contributed by atoms with Crippen LogP contribution in [0.25, 0.3) is 0 Å². The molecule has 1 N–H and O–H groups in total. The minimum absolute atomic E-state index is 0.0824. The predicted octanol–water partition coefficient (Wildman–Crippen LogP) is 4.11. The van der Waals surface area contributed by atoms with Crippen LogP contribution in [-0.2, 0) is 9.59 Å². The minimum Gasteiger partial charge on any atom is -0.326 e. The summed E-state index contributed by atoms with van der Waals surface area (Å²) in [5.41, 5.74) is 1.68. The molecule has 0 atom stereocenters. The predicted molar refractivity (Wildman–Crippen MR) is 92.5 cm³/mol. The van der Waals surface area contributed by atoms with Crippen LogP contribution in [0.3, 0.4) is 0 Å². The number of carbonyl (C=O) groups is 2. The molecule has 1 saturated carbocycles. The number of rotatable bonds is 5. The van der Waals surface area contributed by atoms with Gasteiger partial charge in [-0.2, -0.15) is 0 Å². The molecule has 1 aliphatic carbocycles. The lowest BCUT2D eigenvalue weighted by Gasteiger charge is -2.27. The van der Waals surface area contributed by atoms with Crippen molar-refractivity contribution in [1.82, 2.24) is 0 Å². The number of amides is 2. The molecule has 1 aliphatic heterocycles. The molecule has 0 radical (unpaired) electrons. The van der Waals surface area contributed by atoms with E-state index in [1.807, 2.05) is 29.2 Å². The molecule has 4 heteroatoms. The molecule has 124 valence electrons. The minimum atomic E-state index is 0.0824. The second kappa shape index (κ2) is 7.62. The van der Waals surface area contributed by atoms with Crippen LogP contribution in [0.4, 0.5) is 11.4 Å². The molecule has 0 bridgehead atoms. The zero-order valence-electron chi connectivity index (χ0n) is 13.7. The third-order valence-corrected chi connectivity index (χ3v) is 5.02. The van der Waals surface area contributed by atoms with E-state index in [9.17, 15) is 9.59 Å². The third-order valence-electron chi connectivity index (χ3n) is 5.02. The molecule has 0 aromatic heterocycles. The maximum Gasteiger partial charge on any atom is 0.226 e. The van der Waals surface area contributed by atoms with E-state index in [4.69, 9.17) is 0 Å². The summed E-state index contributed by atoms with van der Waals surface area (Å²) < 4.78 is 0. The highest BCUT2D eigenvalue weighted by Crippen LogP contribution is 2.29. The molecular formula is C19H26N2O2. The van der Waals surface area contributed by atoms with Gasteiger partial charge in [-0.15, -0.1) is 0 Å². The van der Waals surface area contributed by atoms with Crippen LogP contribution >= 0.6 is 0 Å². The van der Waals surface area contributed by atoms with Crippen LogP contribution in [0.1, 0.15) is 57.8 Å². The van der Waals surface area contributed by atoms with Crippen molar-refractivity contribution in [3.05, 3.63) is 24.3 Å². The lowest BCUT2D eigenvalue weighted by atomic mass is 10.0. The smallest absolute Gasteiger partial charge is 0.226 e. The number of nitrogens with one attached hydrogen (secondary N) is 1. The van der Waals surface area contributed by atoms with Crippen molar-refractivity contribution >= 4 is 23.2 Å². The molecule has 1 saturated heterocycles. The summed E-state index contributed by atoms with van der Waals surface area (Å²) in [6.07, 6.45) is 9.43. The van der Waals surface area contributed by atoms with Gasteiger partial charge in [0, 0.05) is 30.8 Å². The molecule has 1 aromatic rings. The Morgan fingerprint density at radius 2 is 2.00 bits per heavy atom. The van der Waals surface area contributed by atoms with Crippen molar-refractivity contribution in [2.75, 3.05) is 16.8 Å². The average molecular weight is 314 g/mol. The standard InChI is InChI=1S/C19H26N2O2/c22-18(12-11-15-6-1-2-7-15)20-16-8-5-9-17(14-16)21-13-4-3-10-19(21)23/h5,8-9,14-15H,1-4,6-7,10-13H2,(H,20,22). The summed E-state index contributed by atoms with van der Waals surface area (Å²) in [4.78, 5) is 26.0. The van der Waals surface area contributed by atoms with Crippen LogP contribution in [-0.4, -0.2) is 18.4 Å². The van der Waals surface area contributed by atoms with Crippen LogP contribution in [0, 0.1) is 5.92 Å². The first-order valence-corrected chi connectivity index (χ1v) is 8.92. The first-order valence-electron chi connectivity index (χ1n) is 8.92. The molecule has 1 heterocycles. The molecule has 0 unspecified atom stereocenters. The topological polar surface area (TPSA) is 49.4 Å². The number of benzene rings is 1. The Hall–Kier alpha value is -1.84. The summed E-state index contributed by atoms with van der Waals surface area (Å²) in [5, 5.41) is 2.98. The molecule has 2 amide bonds. The van der Waals surface area contributed by atoms with Gasteiger partial charge >= 0.3 is 0 Å². The normalized spacial score (nSPS) is 19.1. The number of piperidine rings is 1. The van der Waals surface area contributed by atoms with Gasteiger partial charge in [0.1, 0.15) is 0 Å². The van der Waals surface area contributed by atoms with E-state index >= 15 is 0 Å².